The van der Waals surface area contributed by atoms with Gasteiger partial charge in [-0.25, -0.2) is 0 Å². The van der Waals surface area contributed by atoms with Crippen LogP contribution in [0.5, 0.6) is 11.5 Å². The normalized spacial score (nSPS) is 11.4. The highest BCUT2D eigenvalue weighted by Crippen LogP contribution is 2.31. The van der Waals surface area contributed by atoms with Gasteiger partial charge in [0.15, 0.2) is 0 Å². The number of benzene rings is 2. The maximum Gasteiger partial charge on any atom is 0.265 e. The number of carbonyl (C=O) groups excluding carboxylic acids is 2. The highest BCUT2D eigenvalue weighted by molar-refractivity contribution is 8.00. The molecule has 1 heterocycles. The molecule has 1 aromatic heterocycles. The van der Waals surface area contributed by atoms with Crippen molar-refractivity contribution in [3.05, 3.63) is 64.9 Å². The zero-order chi connectivity index (χ0) is 21.5. The van der Waals surface area contributed by atoms with E-state index in [0.717, 1.165) is 4.90 Å². The van der Waals surface area contributed by atoms with Crippen molar-refractivity contribution in [2.45, 2.75) is 17.1 Å². The molecule has 1 atom stereocenters. The van der Waals surface area contributed by atoms with Crippen molar-refractivity contribution in [1.82, 2.24) is 0 Å². The number of anilines is 2. The Morgan fingerprint density at radius 1 is 1.00 bits per heavy atom. The van der Waals surface area contributed by atoms with E-state index in [4.69, 9.17) is 9.47 Å². The fourth-order valence-corrected chi connectivity index (χ4v) is 4.10. The number of hydrogen-bond acceptors (Lipinski definition) is 6. The van der Waals surface area contributed by atoms with Crippen molar-refractivity contribution in [1.29, 1.82) is 0 Å². The maximum atomic E-state index is 12.6. The largest absolute Gasteiger partial charge is 0.497 e. The highest BCUT2D eigenvalue weighted by Gasteiger charge is 2.17. The van der Waals surface area contributed by atoms with Crippen LogP contribution < -0.4 is 20.1 Å². The molecule has 30 heavy (non-hydrogen) atoms. The summed E-state index contributed by atoms with van der Waals surface area (Å²) in [5.74, 6) is 0.911. The second-order valence-corrected chi connectivity index (χ2v) is 8.63. The van der Waals surface area contributed by atoms with Gasteiger partial charge in [0.25, 0.3) is 5.91 Å². The zero-order valence-electron chi connectivity index (χ0n) is 16.8. The minimum atomic E-state index is -0.330. The van der Waals surface area contributed by atoms with Crippen molar-refractivity contribution in [3.8, 4) is 11.5 Å². The van der Waals surface area contributed by atoms with Crippen LogP contribution in [-0.4, -0.2) is 31.3 Å². The lowest BCUT2D eigenvalue weighted by atomic mass is 10.2. The molecule has 2 amide bonds. The summed E-state index contributed by atoms with van der Waals surface area (Å²) in [6, 6.07) is 16.3. The van der Waals surface area contributed by atoms with Gasteiger partial charge in [-0.05, 0) is 54.8 Å². The van der Waals surface area contributed by atoms with Gasteiger partial charge in [-0.1, -0.05) is 6.07 Å². The van der Waals surface area contributed by atoms with Gasteiger partial charge in [-0.15, -0.1) is 23.1 Å². The topological polar surface area (TPSA) is 76.7 Å². The summed E-state index contributed by atoms with van der Waals surface area (Å²) in [5.41, 5.74) is 1.29. The number of amides is 2. The first-order valence-corrected chi connectivity index (χ1v) is 10.9. The molecule has 0 aliphatic carbocycles. The molecular formula is C22H22N2O4S2. The molecule has 1 unspecified atom stereocenters. The second-order valence-electron chi connectivity index (χ2n) is 6.27. The van der Waals surface area contributed by atoms with Crippen molar-refractivity contribution < 1.29 is 19.1 Å². The summed E-state index contributed by atoms with van der Waals surface area (Å²) in [4.78, 5) is 26.3. The first kappa shape index (κ1) is 21.7. The molecule has 3 aromatic rings. The minimum absolute atomic E-state index is 0.133. The molecule has 6 nitrogen and oxygen atoms in total. The molecule has 2 aromatic carbocycles. The van der Waals surface area contributed by atoms with E-state index in [2.05, 4.69) is 10.6 Å². The van der Waals surface area contributed by atoms with Crippen LogP contribution in [0.2, 0.25) is 0 Å². The molecule has 0 aliphatic heterocycles. The van der Waals surface area contributed by atoms with Crippen LogP contribution >= 0.6 is 23.1 Å². The second kappa shape index (κ2) is 10.2. The summed E-state index contributed by atoms with van der Waals surface area (Å²) in [6.45, 7) is 1.84. The Kier molecular flexibility index (Phi) is 7.37. The van der Waals surface area contributed by atoms with Crippen LogP contribution in [0.3, 0.4) is 0 Å². The average Bonchev–Trinajstić information content (AvgIpc) is 3.30. The quantitative estimate of drug-likeness (QED) is 0.473. The first-order chi connectivity index (χ1) is 14.5. The summed E-state index contributed by atoms with van der Waals surface area (Å²) in [7, 11) is 3.12. The number of rotatable bonds is 8. The Morgan fingerprint density at radius 2 is 1.77 bits per heavy atom. The summed E-state index contributed by atoms with van der Waals surface area (Å²) < 4.78 is 10.5. The molecule has 2 N–H and O–H groups in total. The van der Waals surface area contributed by atoms with Crippen molar-refractivity contribution in [2.24, 2.45) is 0 Å². The number of hydrogen-bond donors (Lipinski definition) is 2. The van der Waals surface area contributed by atoms with Gasteiger partial charge in [0.05, 0.1) is 30.0 Å². The fourth-order valence-electron chi connectivity index (χ4n) is 2.61. The summed E-state index contributed by atoms with van der Waals surface area (Å²) >= 11 is 2.82. The fraction of sp³-hybridized carbons (Fsp3) is 0.182. The standard InChI is InChI=1S/C22H22N2O4S2/c1-14(21(25)24-18-11-8-16(27-2)13-19(18)28-3)30-17-9-6-15(7-10-17)23-22(26)20-5-4-12-29-20/h4-14H,1-3H3,(H,23,26)(H,24,25). The van der Waals surface area contributed by atoms with E-state index in [9.17, 15) is 9.59 Å². The van der Waals surface area contributed by atoms with Crippen LogP contribution in [-0.2, 0) is 4.79 Å². The number of thioether (sulfide) groups is 1. The summed E-state index contributed by atoms with van der Waals surface area (Å²) in [6.07, 6.45) is 0. The molecule has 0 bridgehead atoms. The van der Waals surface area contributed by atoms with Gasteiger partial charge in [-0.2, -0.15) is 0 Å². The Labute approximate surface area is 183 Å². The van der Waals surface area contributed by atoms with Crippen molar-refractivity contribution >= 4 is 46.3 Å². The molecule has 0 radical (unpaired) electrons. The van der Waals surface area contributed by atoms with Crippen LogP contribution in [0.1, 0.15) is 16.6 Å². The van der Waals surface area contributed by atoms with E-state index >= 15 is 0 Å². The predicted molar refractivity (Wildman–Crippen MR) is 122 cm³/mol. The molecule has 0 fully saturated rings. The molecule has 0 aliphatic rings. The third-order valence-electron chi connectivity index (χ3n) is 4.21. The van der Waals surface area contributed by atoms with Crippen LogP contribution in [0.15, 0.2) is 64.9 Å². The Balaban J connectivity index is 1.58. The minimum Gasteiger partial charge on any atom is -0.497 e. The molecule has 0 spiro atoms. The zero-order valence-corrected chi connectivity index (χ0v) is 18.4. The van der Waals surface area contributed by atoms with Gasteiger partial charge < -0.3 is 20.1 Å². The lowest BCUT2D eigenvalue weighted by molar-refractivity contribution is -0.115. The van der Waals surface area contributed by atoms with E-state index in [-0.39, 0.29) is 17.1 Å². The molecule has 0 saturated carbocycles. The molecule has 0 saturated heterocycles. The maximum absolute atomic E-state index is 12.6. The third kappa shape index (κ3) is 5.55. The lowest BCUT2D eigenvalue weighted by Crippen LogP contribution is -2.22. The smallest absolute Gasteiger partial charge is 0.265 e. The number of ether oxygens (including phenoxy) is 2. The van der Waals surface area contributed by atoms with Gasteiger partial charge in [-0.3, -0.25) is 9.59 Å². The monoisotopic (exact) mass is 442 g/mol. The Bertz CT molecular complexity index is 1000. The number of nitrogens with one attached hydrogen (secondary N) is 2. The predicted octanol–water partition coefficient (Wildman–Crippen LogP) is 5.14. The first-order valence-electron chi connectivity index (χ1n) is 9.14. The van der Waals surface area contributed by atoms with Gasteiger partial charge >= 0.3 is 0 Å². The number of methoxy groups -OCH3 is 2. The SMILES string of the molecule is COc1ccc(NC(=O)C(C)Sc2ccc(NC(=O)c3cccs3)cc2)c(OC)c1. The van der Waals surface area contributed by atoms with Crippen molar-refractivity contribution in [2.75, 3.05) is 24.9 Å². The van der Waals surface area contributed by atoms with Crippen LogP contribution in [0, 0.1) is 0 Å². The number of thiophene rings is 1. The lowest BCUT2D eigenvalue weighted by Gasteiger charge is -2.15. The molecule has 3 rings (SSSR count). The molecule has 156 valence electrons. The van der Waals surface area contributed by atoms with Gasteiger partial charge in [0, 0.05) is 16.6 Å². The van der Waals surface area contributed by atoms with E-state index < -0.39 is 0 Å². The van der Waals surface area contributed by atoms with Gasteiger partial charge in [0.1, 0.15) is 11.5 Å². The van der Waals surface area contributed by atoms with E-state index in [1.807, 2.05) is 42.6 Å². The van der Waals surface area contributed by atoms with Crippen molar-refractivity contribution in [3.63, 3.8) is 0 Å². The Hall–Kier alpha value is -2.97. The third-order valence-corrected chi connectivity index (χ3v) is 6.19. The number of carbonyl (C=O) groups is 2. The van der Waals surface area contributed by atoms with E-state index in [0.29, 0.717) is 27.8 Å². The van der Waals surface area contributed by atoms with E-state index in [1.54, 1.807) is 38.5 Å². The van der Waals surface area contributed by atoms with E-state index in [1.165, 1.54) is 23.1 Å². The average molecular weight is 443 g/mol. The Morgan fingerprint density at radius 3 is 2.40 bits per heavy atom. The van der Waals surface area contributed by atoms with Crippen LogP contribution in [0.4, 0.5) is 11.4 Å². The molecular weight excluding hydrogens is 420 g/mol. The summed E-state index contributed by atoms with van der Waals surface area (Å²) in [5, 5.41) is 7.28. The molecule has 8 heteroatoms. The van der Waals surface area contributed by atoms with Gasteiger partial charge in [0.2, 0.25) is 5.91 Å². The highest BCUT2D eigenvalue weighted by atomic mass is 32.2. The van der Waals surface area contributed by atoms with Crippen LogP contribution in [0.25, 0.3) is 0 Å².